The zero-order valence-corrected chi connectivity index (χ0v) is 17.5. The second kappa shape index (κ2) is 8.80. The van der Waals surface area contributed by atoms with E-state index in [2.05, 4.69) is 0 Å². The van der Waals surface area contributed by atoms with Gasteiger partial charge in [0.05, 0.1) is 16.2 Å². The standard InChI is InChI=1S/C20H20FN3O6S/c1-31(29,30)18-12-15(11-17(13-18)24(27)28)20(26)23-8-6-22(7-9-23)19(25)10-14-2-4-16(21)5-3-14/h2-5,11-13H,6-10H2,1H3. The van der Waals surface area contributed by atoms with E-state index in [9.17, 15) is 32.5 Å². The van der Waals surface area contributed by atoms with Crippen LogP contribution in [-0.2, 0) is 21.1 Å². The summed E-state index contributed by atoms with van der Waals surface area (Å²) < 4.78 is 36.7. The fourth-order valence-corrected chi connectivity index (χ4v) is 3.93. The minimum atomic E-state index is -3.75. The van der Waals surface area contributed by atoms with Crippen molar-refractivity contribution in [2.45, 2.75) is 11.3 Å². The molecule has 1 fully saturated rings. The number of hydrogen-bond donors (Lipinski definition) is 0. The van der Waals surface area contributed by atoms with E-state index in [1.54, 1.807) is 4.90 Å². The molecule has 0 spiro atoms. The van der Waals surface area contributed by atoms with Crippen molar-refractivity contribution in [2.75, 3.05) is 32.4 Å². The maximum Gasteiger partial charge on any atom is 0.271 e. The van der Waals surface area contributed by atoms with Crippen LogP contribution in [0.4, 0.5) is 10.1 Å². The van der Waals surface area contributed by atoms with E-state index >= 15 is 0 Å². The summed E-state index contributed by atoms with van der Waals surface area (Å²) in [5.41, 5.74) is 0.0925. The second-order valence-corrected chi connectivity index (χ2v) is 9.24. The van der Waals surface area contributed by atoms with E-state index in [0.29, 0.717) is 5.56 Å². The van der Waals surface area contributed by atoms with Crippen LogP contribution in [0.5, 0.6) is 0 Å². The zero-order chi connectivity index (χ0) is 22.8. The molecule has 0 atom stereocenters. The van der Waals surface area contributed by atoms with E-state index in [0.717, 1.165) is 24.5 Å². The molecular formula is C20H20FN3O6S. The van der Waals surface area contributed by atoms with Crippen molar-refractivity contribution in [2.24, 2.45) is 0 Å². The number of rotatable bonds is 5. The molecule has 3 rings (SSSR count). The number of hydrogen-bond acceptors (Lipinski definition) is 6. The third-order valence-corrected chi connectivity index (χ3v) is 6.06. The largest absolute Gasteiger partial charge is 0.339 e. The topological polar surface area (TPSA) is 118 Å². The molecule has 2 aromatic rings. The molecule has 0 unspecified atom stereocenters. The fraction of sp³-hybridized carbons (Fsp3) is 0.300. The molecule has 164 valence electrons. The summed E-state index contributed by atoms with van der Waals surface area (Å²) in [6, 6.07) is 8.72. The predicted molar refractivity (Wildman–Crippen MR) is 109 cm³/mol. The number of carbonyl (C=O) groups excluding carboxylic acids is 2. The van der Waals surface area contributed by atoms with E-state index < -0.39 is 26.4 Å². The molecule has 0 aromatic heterocycles. The molecule has 2 amide bonds. The van der Waals surface area contributed by atoms with Gasteiger partial charge >= 0.3 is 0 Å². The van der Waals surface area contributed by atoms with Crippen LogP contribution in [-0.4, -0.2) is 67.4 Å². The van der Waals surface area contributed by atoms with Crippen LogP contribution in [0, 0.1) is 15.9 Å². The van der Waals surface area contributed by atoms with Gasteiger partial charge in [-0.1, -0.05) is 12.1 Å². The van der Waals surface area contributed by atoms with Crippen molar-refractivity contribution < 1.29 is 27.3 Å². The number of nitro benzene ring substituents is 1. The van der Waals surface area contributed by atoms with Crippen molar-refractivity contribution in [3.05, 3.63) is 69.5 Å². The number of piperazine rings is 1. The van der Waals surface area contributed by atoms with Gasteiger partial charge in [0.1, 0.15) is 5.82 Å². The monoisotopic (exact) mass is 449 g/mol. The molecule has 0 saturated carbocycles. The Balaban J connectivity index is 1.68. The van der Waals surface area contributed by atoms with Crippen LogP contribution in [0.25, 0.3) is 0 Å². The number of nitro groups is 1. The van der Waals surface area contributed by atoms with Gasteiger partial charge in [-0.2, -0.15) is 0 Å². The van der Waals surface area contributed by atoms with Crippen molar-refractivity contribution in [3.63, 3.8) is 0 Å². The second-order valence-electron chi connectivity index (χ2n) is 7.22. The number of non-ortho nitro benzene ring substituents is 1. The Hall–Kier alpha value is -3.34. The average Bonchev–Trinajstić information content (AvgIpc) is 2.74. The Labute approximate surface area is 178 Å². The summed E-state index contributed by atoms with van der Waals surface area (Å²) in [5.74, 6) is -1.09. The van der Waals surface area contributed by atoms with E-state index in [1.807, 2.05) is 0 Å². The average molecular weight is 449 g/mol. The Bertz CT molecular complexity index is 1130. The highest BCUT2D eigenvalue weighted by atomic mass is 32.2. The smallest absolute Gasteiger partial charge is 0.271 e. The molecule has 11 heteroatoms. The summed E-state index contributed by atoms with van der Waals surface area (Å²) in [7, 11) is -3.75. The van der Waals surface area contributed by atoms with Gasteiger partial charge in [-0.15, -0.1) is 0 Å². The first-order chi connectivity index (χ1) is 14.5. The quantitative estimate of drug-likeness (QED) is 0.506. The first-order valence-electron chi connectivity index (χ1n) is 9.35. The molecule has 31 heavy (non-hydrogen) atoms. The predicted octanol–water partition coefficient (Wildman–Crippen LogP) is 1.66. The van der Waals surface area contributed by atoms with Gasteiger partial charge in [0.15, 0.2) is 9.84 Å². The van der Waals surface area contributed by atoms with Crippen LogP contribution in [0.15, 0.2) is 47.4 Å². The first-order valence-corrected chi connectivity index (χ1v) is 11.2. The minimum Gasteiger partial charge on any atom is -0.339 e. The third-order valence-electron chi connectivity index (χ3n) is 4.97. The summed E-state index contributed by atoms with van der Waals surface area (Å²) in [6.45, 7) is 0.926. The number of amides is 2. The van der Waals surface area contributed by atoms with Crippen LogP contribution in [0.1, 0.15) is 15.9 Å². The SMILES string of the molecule is CS(=O)(=O)c1cc(C(=O)N2CCN(C(=O)Cc3ccc(F)cc3)CC2)cc([N+](=O)[O-])c1. The van der Waals surface area contributed by atoms with Crippen LogP contribution in [0.3, 0.4) is 0 Å². The number of nitrogens with zero attached hydrogens (tertiary/aromatic N) is 3. The zero-order valence-electron chi connectivity index (χ0n) is 16.7. The molecule has 1 saturated heterocycles. The highest BCUT2D eigenvalue weighted by Crippen LogP contribution is 2.22. The molecule has 0 bridgehead atoms. The van der Waals surface area contributed by atoms with Gasteiger partial charge in [-0.05, 0) is 23.8 Å². The molecule has 0 aliphatic carbocycles. The summed E-state index contributed by atoms with van der Waals surface area (Å²) >= 11 is 0. The normalized spacial score (nSPS) is 14.4. The highest BCUT2D eigenvalue weighted by Gasteiger charge is 2.27. The molecule has 1 aliphatic heterocycles. The third kappa shape index (κ3) is 5.43. The highest BCUT2D eigenvalue weighted by molar-refractivity contribution is 7.90. The van der Waals surface area contributed by atoms with Gasteiger partial charge < -0.3 is 9.80 Å². The van der Waals surface area contributed by atoms with Crippen molar-refractivity contribution in [3.8, 4) is 0 Å². The molecule has 2 aromatic carbocycles. The van der Waals surface area contributed by atoms with Gasteiger partial charge in [0, 0.05) is 50.1 Å². The molecule has 0 N–H and O–H groups in total. The lowest BCUT2D eigenvalue weighted by Gasteiger charge is -2.35. The maximum absolute atomic E-state index is 13.0. The van der Waals surface area contributed by atoms with Crippen LogP contribution < -0.4 is 0 Å². The van der Waals surface area contributed by atoms with Gasteiger partial charge in [-0.3, -0.25) is 19.7 Å². The lowest BCUT2D eigenvalue weighted by atomic mass is 10.1. The molecular weight excluding hydrogens is 429 g/mol. The summed E-state index contributed by atoms with van der Waals surface area (Å²) in [4.78, 5) is 38.4. The lowest BCUT2D eigenvalue weighted by Crippen LogP contribution is -2.51. The van der Waals surface area contributed by atoms with Gasteiger partial charge in [0.25, 0.3) is 11.6 Å². The molecule has 9 nitrogen and oxygen atoms in total. The number of carbonyl (C=O) groups is 2. The van der Waals surface area contributed by atoms with Crippen molar-refractivity contribution in [1.29, 1.82) is 0 Å². The number of halogens is 1. The number of benzene rings is 2. The van der Waals surface area contributed by atoms with E-state index in [1.165, 1.54) is 29.2 Å². The Morgan fingerprint density at radius 3 is 2.16 bits per heavy atom. The maximum atomic E-state index is 13.0. The Kier molecular flexibility index (Phi) is 6.34. The van der Waals surface area contributed by atoms with E-state index in [4.69, 9.17) is 0 Å². The van der Waals surface area contributed by atoms with Gasteiger partial charge in [0.2, 0.25) is 5.91 Å². The Morgan fingerprint density at radius 2 is 1.61 bits per heavy atom. The van der Waals surface area contributed by atoms with Crippen molar-refractivity contribution in [1.82, 2.24) is 9.80 Å². The van der Waals surface area contributed by atoms with Crippen molar-refractivity contribution >= 4 is 27.3 Å². The first kappa shape index (κ1) is 22.3. The van der Waals surface area contributed by atoms with Crippen LogP contribution in [0.2, 0.25) is 0 Å². The molecule has 1 aliphatic rings. The minimum absolute atomic E-state index is 0.0966. The fourth-order valence-electron chi connectivity index (χ4n) is 3.26. The van der Waals surface area contributed by atoms with Gasteiger partial charge in [-0.25, -0.2) is 12.8 Å². The molecule has 1 heterocycles. The Morgan fingerprint density at radius 1 is 1.03 bits per heavy atom. The summed E-state index contributed by atoms with van der Waals surface area (Å²) in [6.07, 6.45) is 1.02. The lowest BCUT2D eigenvalue weighted by molar-refractivity contribution is -0.385. The summed E-state index contributed by atoms with van der Waals surface area (Å²) in [5, 5.41) is 11.1. The van der Waals surface area contributed by atoms with E-state index in [-0.39, 0.29) is 54.8 Å². The molecule has 0 radical (unpaired) electrons. The number of sulfone groups is 1. The van der Waals surface area contributed by atoms with Crippen LogP contribution >= 0.6 is 0 Å².